The van der Waals surface area contributed by atoms with Gasteiger partial charge < -0.3 is 4.90 Å². The Labute approximate surface area is 149 Å². The molecule has 2 rings (SSSR count). The number of quaternary nitrogens is 1. The second-order valence-electron chi connectivity index (χ2n) is 5.84. The number of nitrogens with one attached hydrogen (secondary N) is 1. The minimum absolute atomic E-state index is 0.151. The number of thiazole rings is 1. The fraction of sp³-hybridized carbons (Fsp3) is 0.474. The minimum atomic E-state index is 0.151. The van der Waals surface area contributed by atoms with Crippen LogP contribution in [0.2, 0.25) is 0 Å². The first kappa shape index (κ1) is 18.6. The summed E-state index contributed by atoms with van der Waals surface area (Å²) < 4.78 is 0. The molecule has 1 heterocycles. The van der Waals surface area contributed by atoms with E-state index in [1.807, 2.05) is 35.4 Å². The van der Waals surface area contributed by atoms with Crippen LogP contribution in [-0.2, 0) is 4.79 Å². The van der Waals surface area contributed by atoms with E-state index in [-0.39, 0.29) is 5.91 Å². The number of hydrogen-bond acceptors (Lipinski definition) is 3. The molecule has 0 radical (unpaired) electrons. The summed E-state index contributed by atoms with van der Waals surface area (Å²) in [5.41, 5.74) is 2.04. The van der Waals surface area contributed by atoms with Crippen molar-refractivity contribution in [2.45, 2.75) is 33.6 Å². The first-order chi connectivity index (χ1) is 11.7. The molecule has 0 aliphatic carbocycles. The van der Waals surface area contributed by atoms with E-state index < -0.39 is 0 Å². The SMILES string of the molecule is CCC(=O)N(CCC[NH+](CC)CC)c1nc(-c2ccccc2)cs1. The Hall–Kier alpha value is -1.72. The van der Waals surface area contributed by atoms with E-state index in [2.05, 4.69) is 26.0 Å². The van der Waals surface area contributed by atoms with Crippen LogP contribution in [0, 0.1) is 0 Å². The number of amides is 1. The molecule has 1 aromatic carbocycles. The Balaban J connectivity index is 2.08. The zero-order valence-corrected chi connectivity index (χ0v) is 15.7. The normalized spacial score (nSPS) is 11.0. The second kappa shape index (κ2) is 9.55. The number of hydrogen-bond donors (Lipinski definition) is 1. The number of benzene rings is 1. The van der Waals surface area contributed by atoms with Crippen LogP contribution in [-0.4, -0.2) is 37.1 Å². The number of carbonyl (C=O) groups is 1. The van der Waals surface area contributed by atoms with Gasteiger partial charge in [0.15, 0.2) is 5.13 Å². The minimum Gasteiger partial charge on any atom is -0.335 e. The third-order valence-corrected chi connectivity index (χ3v) is 5.17. The van der Waals surface area contributed by atoms with Gasteiger partial charge in [-0.2, -0.15) is 0 Å². The van der Waals surface area contributed by atoms with Crippen molar-refractivity contribution in [3.05, 3.63) is 35.7 Å². The number of carbonyl (C=O) groups excluding carboxylic acids is 1. The van der Waals surface area contributed by atoms with Crippen molar-refractivity contribution < 1.29 is 9.69 Å². The highest BCUT2D eigenvalue weighted by molar-refractivity contribution is 7.14. The van der Waals surface area contributed by atoms with Crippen molar-refractivity contribution in [1.82, 2.24) is 4.98 Å². The lowest BCUT2D eigenvalue weighted by Gasteiger charge is -2.21. The maximum Gasteiger partial charge on any atom is 0.228 e. The number of nitrogens with zero attached hydrogens (tertiary/aromatic N) is 2. The molecule has 0 fully saturated rings. The highest BCUT2D eigenvalue weighted by Gasteiger charge is 2.18. The smallest absolute Gasteiger partial charge is 0.228 e. The molecule has 0 spiro atoms. The third kappa shape index (κ3) is 4.89. The lowest BCUT2D eigenvalue weighted by molar-refractivity contribution is -0.896. The van der Waals surface area contributed by atoms with Gasteiger partial charge in [-0.05, 0) is 13.8 Å². The Morgan fingerprint density at radius 2 is 1.88 bits per heavy atom. The number of aromatic nitrogens is 1. The van der Waals surface area contributed by atoms with E-state index in [1.165, 1.54) is 0 Å². The Morgan fingerprint density at radius 1 is 1.17 bits per heavy atom. The summed E-state index contributed by atoms with van der Waals surface area (Å²) in [4.78, 5) is 20.5. The van der Waals surface area contributed by atoms with Gasteiger partial charge in [0.25, 0.3) is 0 Å². The maximum atomic E-state index is 12.4. The molecule has 0 bridgehead atoms. The van der Waals surface area contributed by atoms with Crippen molar-refractivity contribution in [3.8, 4) is 11.3 Å². The zero-order valence-electron chi connectivity index (χ0n) is 14.9. The summed E-state index contributed by atoms with van der Waals surface area (Å²) in [5, 5.41) is 2.85. The van der Waals surface area contributed by atoms with Gasteiger partial charge in [0.1, 0.15) is 0 Å². The van der Waals surface area contributed by atoms with Crippen LogP contribution in [0.15, 0.2) is 35.7 Å². The van der Waals surface area contributed by atoms with Crippen LogP contribution in [0.3, 0.4) is 0 Å². The second-order valence-corrected chi connectivity index (χ2v) is 6.68. The summed E-state index contributed by atoms with van der Waals surface area (Å²) in [6.45, 7) is 10.4. The molecule has 1 aromatic heterocycles. The van der Waals surface area contributed by atoms with Crippen molar-refractivity contribution >= 4 is 22.4 Å². The van der Waals surface area contributed by atoms with Gasteiger partial charge in [-0.15, -0.1) is 11.3 Å². The summed E-state index contributed by atoms with van der Waals surface area (Å²) in [6.07, 6.45) is 1.52. The Bertz CT molecular complexity index is 623. The van der Waals surface area contributed by atoms with Crippen LogP contribution in [0.25, 0.3) is 11.3 Å². The van der Waals surface area contributed by atoms with Gasteiger partial charge in [0.2, 0.25) is 5.91 Å². The predicted octanol–water partition coefficient (Wildman–Crippen LogP) is 2.87. The van der Waals surface area contributed by atoms with Gasteiger partial charge in [0.05, 0.1) is 25.3 Å². The molecule has 5 heteroatoms. The van der Waals surface area contributed by atoms with E-state index in [9.17, 15) is 4.79 Å². The van der Waals surface area contributed by atoms with Gasteiger partial charge in [-0.3, -0.25) is 9.69 Å². The van der Waals surface area contributed by atoms with E-state index in [1.54, 1.807) is 16.2 Å². The van der Waals surface area contributed by atoms with Crippen LogP contribution in [0.1, 0.15) is 33.6 Å². The van der Waals surface area contributed by atoms with E-state index in [0.29, 0.717) is 6.42 Å². The average Bonchev–Trinajstić information content (AvgIpc) is 3.12. The predicted molar refractivity (Wildman–Crippen MR) is 102 cm³/mol. The molecule has 0 aliphatic heterocycles. The standard InChI is InChI=1S/C19H27N3OS/c1-4-18(23)22(14-10-13-21(5-2)6-3)19-20-17(15-24-19)16-11-8-7-9-12-16/h7-9,11-12,15H,4-6,10,13-14H2,1-3H3/p+1. The van der Waals surface area contributed by atoms with Crippen LogP contribution < -0.4 is 9.80 Å². The van der Waals surface area contributed by atoms with E-state index in [0.717, 1.165) is 49.0 Å². The molecular weight excluding hydrogens is 318 g/mol. The molecule has 1 N–H and O–H groups in total. The molecule has 1 amide bonds. The fourth-order valence-electron chi connectivity index (χ4n) is 2.74. The van der Waals surface area contributed by atoms with Crippen LogP contribution in [0.4, 0.5) is 5.13 Å². The number of anilines is 1. The third-order valence-electron chi connectivity index (χ3n) is 4.31. The summed E-state index contributed by atoms with van der Waals surface area (Å²) >= 11 is 1.55. The first-order valence-electron chi connectivity index (χ1n) is 8.84. The molecule has 0 saturated heterocycles. The molecule has 0 aliphatic rings. The van der Waals surface area contributed by atoms with Gasteiger partial charge in [-0.1, -0.05) is 37.3 Å². The quantitative estimate of drug-likeness (QED) is 0.758. The molecule has 0 unspecified atom stereocenters. The van der Waals surface area contributed by atoms with Gasteiger partial charge in [-0.25, -0.2) is 4.98 Å². The number of rotatable bonds is 9. The lowest BCUT2D eigenvalue weighted by atomic mass is 10.2. The Morgan fingerprint density at radius 3 is 2.50 bits per heavy atom. The first-order valence-corrected chi connectivity index (χ1v) is 9.72. The summed E-state index contributed by atoms with van der Waals surface area (Å²) in [6, 6.07) is 10.1. The zero-order chi connectivity index (χ0) is 17.4. The fourth-order valence-corrected chi connectivity index (χ4v) is 3.62. The monoisotopic (exact) mass is 346 g/mol. The molecule has 0 atom stereocenters. The van der Waals surface area contributed by atoms with Crippen LogP contribution in [0.5, 0.6) is 0 Å². The molecular formula is C19H28N3OS+. The van der Waals surface area contributed by atoms with Gasteiger partial charge >= 0.3 is 0 Å². The molecule has 24 heavy (non-hydrogen) atoms. The van der Waals surface area contributed by atoms with Crippen LogP contribution >= 0.6 is 11.3 Å². The van der Waals surface area contributed by atoms with Crippen molar-refractivity contribution in [3.63, 3.8) is 0 Å². The van der Waals surface area contributed by atoms with Gasteiger partial charge in [0, 0.05) is 30.3 Å². The molecule has 0 saturated carbocycles. The highest BCUT2D eigenvalue weighted by Crippen LogP contribution is 2.27. The average molecular weight is 347 g/mol. The maximum absolute atomic E-state index is 12.4. The largest absolute Gasteiger partial charge is 0.335 e. The molecule has 2 aromatic rings. The topological polar surface area (TPSA) is 37.6 Å². The Kier molecular flexibility index (Phi) is 7.40. The lowest BCUT2D eigenvalue weighted by Crippen LogP contribution is -3.11. The highest BCUT2D eigenvalue weighted by atomic mass is 32.1. The van der Waals surface area contributed by atoms with Crippen molar-refractivity contribution in [2.24, 2.45) is 0 Å². The molecule has 4 nitrogen and oxygen atoms in total. The summed E-state index contributed by atoms with van der Waals surface area (Å²) in [7, 11) is 0. The van der Waals surface area contributed by atoms with E-state index >= 15 is 0 Å². The van der Waals surface area contributed by atoms with E-state index in [4.69, 9.17) is 4.98 Å². The summed E-state index contributed by atoms with van der Waals surface area (Å²) in [5.74, 6) is 0.151. The van der Waals surface area contributed by atoms with Crippen molar-refractivity contribution in [2.75, 3.05) is 31.1 Å². The van der Waals surface area contributed by atoms with Crippen molar-refractivity contribution in [1.29, 1.82) is 0 Å². The molecule has 130 valence electrons.